The molecule has 22 heavy (non-hydrogen) atoms. The number of amides is 1. The standard InChI is InChI=1S/C13H21N5O3S/c1-16(2)13(19)11-8-17(12-4-5-14-10-15-12)6-7-18(9-11)22(3,20)21/h4-5,10-11H,6-9H2,1-3H3. The van der Waals surface area contributed by atoms with Gasteiger partial charge in [0.05, 0.1) is 12.2 Å². The Hall–Kier alpha value is -1.74. The summed E-state index contributed by atoms with van der Waals surface area (Å²) in [5.41, 5.74) is 0. The fourth-order valence-corrected chi connectivity index (χ4v) is 3.35. The lowest BCUT2D eigenvalue weighted by molar-refractivity contribution is -0.132. The highest BCUT2D eigenvalue weighted by Crippen LogP contribution is 2.18. The van der Waals surface area contributed by atoms with Crippen LogP contribution in [0.5, 0.6) is 0 Å². The molecular weight excluding hydrogens is 306 g/mol. The first-order chi connectivity index (χ1) is 10.3. The van der Waals surface area contributed by atoms with Gasteiger partial charge in [0.15, 0.2) is 0 Å². The normalized spacial score (nSPS) is 20.5. The van der Waals surface area contributed by atoms with E-state index in [4.69, 9.17) is 0 Å². The van der Waals surface area contributed by atoms with Crippen molar-refractivity contribution in [3.05, 3.63) is 18.6 Å². The van der Waals surface area contributed by atoms with Gasteiger partial charge in [-0.2, -0.15) is 4.31 Å². The van der Waals surface area contributed by atoms with Crippen LogP contribution in [0.4, 0.5) is 5.82 Å². The molecule has 1 aliphatic heterocycles. The van der Waals surface area contributed by atoms with E-state index in [0.717, 1.165) is 0 Å². The molecule has 1 amide bonds. The molecule has 2 heterocycles. The van der Waals surface area contributed by atoms with Crippen LogP contribution in [-0.2, 0) is 14.8 Å². The molecule has 0 spiro atoms. The number of nitrogens with zero attached hydrogens (tertiary/aromatic N) is 5. The van der Waals surface area contributed by atoms with Gasteiger partial charge in [0.1, 0.15) is 12.1 Å². The Balaban J connectivity index is 2.28. The van der Waals surface area contributed by atoms with Crippen molar-refractivity contribution in [1.82, 2.24) is 19.2 Å². The Morgan fingerprint density at radius 1 is 1.32 bits per heavy atom. The zero-order valence-corrected chi connectivity index (χ0v) is 13.8. The van der Waals surface area contributed by atoms with Gasteiger partial charge in [-0.15, -0.1) is 0 Å². The fourth-order valence-electron chi connectivity index (χ4n) is 2.49. The molecule has 1 saturated heterocycles. The van der Waals surface area contributed by atoms with Crippen molar-refractivity contribution in [2.75, 3.05) is 51.4 Å². The van der Waals surface area contributed by atoms with Crippen molar-refractivity contribution < 1.29 is 13.2 Å². The second-order valence-corrected chi connectivity index (χ2v) is 7.55. The second-order valence-electron chi connectivity index (χ2n) is 5.56. The molecule has 8 nitrogen and oxygen atoms in total. The third kappa shape index (κ3) is 3.92. The summed E-state index contributed by atoms with van der Waals surface area (Å²) in [7, 11) is 0.00351. The molecule has 122 valence electrons. The van der Waals surface area contributed by atoms with Crippen LogP contribution in [0.1, 0.15) is 0 Å². The topological polar surface area (TPSA) is 86.7 Å². The maximum absolute atomic E-state index is 12.3. The van der Waals surface area contributed by atoms with E-state index in [1.54, 1.807) is 26.4 Å². The average Bonchev–Trinajstić information content (AvgIpc) is 2.70. The first-order valence-corrected chi connectivity index (χ1v) is 8.81. The highest BCUT2D eigenvalue weighted by Gasteiger charge is 2.32. The van der Waals surface area contributed by atoms with Crippen LogP contribution >= 0.6 is 0 Å². The van der Waals surface area contributed by atoms with Crippen LogP contribution in [0.2, 0.25) is 0 Å². The summed E-state index contributed by atoms with van der Waals surface area (Å²) in [6.07, 6.45) is 4.24. The molecule has 1 fully saturated rings. The van der Waals surface area contributed by atoms with Gasteiger partial charge < -0.3 is 9.80 Å². The zero-order chi connectivity index (χ0) is 16.3. The van der Waals surface area contributed by atoms with Crippen LogP contribution in [0, 0.1) is 5.92 Å². The predicted octanol–water partition coefficient (Wildman–Crippen LogP) is -0.737. The number of carbonyl (C=O) groups is 1. The molecule has 1 unspecified atom stereocenters. The van der Waals surface area contributed by atoms with Crippen LogP contribution in [-0.4, -0.2) is 80.0 Å². The van der Waals surface area contributed by atoms with E-state index in [0.29, 0.717) is 25.5 Å². The Labute approximate surface area is 130 Å². The summed E-state index contributed by atoms with van der Waals surface area (Å²) in [4.78, 5) is 23.8. The van der Waals surface area contributed by atoms with Crippen molar-refractivity contribution in [2.45, 2.75) is 0 Å². The van der Waals surface area contributed by atoms with Gasteiger partial charge in [-0.1, -0.05) is 0 Å². The summed E-state index contributed by atoms with van der Waals surface area (Å²) in [5.74, 6) is 0.179. The lowest BCUT2D eigenvalue weighted by Gasteiger charge is -2.26. The molecule has 0 N–H and O–H groups in total. The van der Waals surface area contributed by atoms with Crippen molar-refractivity contribution in [2.24, 2.45) is 5.92 Å². The second kappa shape index (κ2) is 6.57. The molecule has 1 aliphatic rings. The van der Waals surface area contributed by atoms with Crippen molar-refractivity contribution in [1.29, 1.82) is 0 Å². The van der Waals surface area contributed by atoms with E-state index in [2.05, 4.69) is 9.97 Å². The molecule has 0 aromatic carbocycles. The van der Waals surface area contributed by atoms with Crippen LogP contribution in [0.3, 0.4) is 0 Å². The Kier molecular flexibility index (Phi) is 4.97. The zero-order valence-electron chi connectivity index (χ0n) is 13.0. The third-order valence-corrected chi connectivity index (χ3v) is 4.90. The first kappa shape index (κ1) is 16.6. The highest BCUT2D eigenvalue weighted by molar-refractivity contribution is 7.88. The first-order valence-electron chi connectivity index (χ1n) is 6.96. The Morgan fingerprint density at radius 2 is 2.05 bits per heavy atom. The number of aromatic nitrogens is 2. The number of carbonyl (C=O) groups excluding carboxylic acids is 1. The number of anilines is 1. The van der Waals surface area contributed by atoms with Crippen LogP contribution in [0.25, 0.3) is 0 Å². The number of hydrogen-bond donors (Lipinski definition) is 0. The fraction of sp³-hybridized carbons (Fsp3) is 0.615. The molecule has 1 aromatic rings. The smallest absolute Gasteiger partial charge is 0.228 e. The number of hydrogen-bond acceptors (Lipinski definition) is 6. The van der Waals surface area contributed by atoms with Crippen molar-refractivity contribution >= 4 is 21.7 Å². The molecule has 0 radical (unpaired) electrons. The van der Waals surface area contributed by atoms with E-state index in [1.807, 2.05) is 4.90 Å². The van der Waals surface area contributed by atoms with E-state index in [9.17, 15) is 13.2 Å². The summed E-state index contributed by atoms with van der Waals surface area (Å²) >= 11 is 0. The van der Waals surface area contributed by atoms with Gasteiger partial charge in [-0.05, 0) is 6.07 Å². The van der Waals surface area contributed by atoms with Gasteiger partial charge in [-0.3, -0.25) is 4.79 Å². The van der Waals surface area contributed by atoms with Gasteiger partial charge in [-0.25, -0.2) is 18.4 Å². The lowest BCUT2D eigenvalue weighted by Crippen LogP contribution is -2.42. The monoisotopic (exact) mass is 327 g/mol. The SMILES string of the molecule is CN(C)C(=O)C1CN(c2ccncn2)CCN(S(C)(=O)=O)C1. The van der Waals surface area contributed by atoms with Crippen molar-refractivity contribution in [3.8, 4) is 0 Å². The molecule has 0 saturated carbocycles. The largest absolute Gasteiger partial charge is 0.354 e. The van der Waals surface area contributed by atoms with E-state index in [1.165, 1.54) is 21.8 Å². The van der Waals surface area contributed by atoms with Gasteiger partial charge in [0, 0.05) is 46.5 Å². The van der Waals surface area contributed by atoms with Gasteiger partial charge >= 0.3 is 0 Å². The van der Waals surface area contributed by atoms with Gasteiger partial charge in [0.25, 0.3) is 0 Å². The Bertz CT molecular complexity index is 620. The summed E-state index contributed by atoms with van der Waals surface area (Å²) < 4.78 is 25.1. The van der Waals surface area contributed by atoms with E-state index < -0.39 is 15.9 Å². The van der Waals surface area contributed by atoms with Gasteiger partial charge in [0.2, 0.25) is 15.9 Å². The number of sulfonamides is 1. The number of rotatable bonds is 3. The molecule has 9 heteroatoms. The average molecular weight is 327 g/mol. The molecular formula is C13H21N5O3S. The Morgan fingerprint density at radius 3 is 2.59 bits per heavy atom. The minimum atomic E-state index is -3.34. The third-order valence-electron chi connectivity index (χ3n) is 3.63. The van der Waals surface area contributed by atoms with E-state index >= 15 is 0 Å². The maximum atomic E-state index is 12.3. The molecule has 0 aliphatic carbocycles. The lowest BCUT2D eigenvalue weighted by atomic mass is 10.1. The predicted molar refractivity (Wildman–Crippen MR) is 82.8 cm³/mol. The molecule has 1 atom stereocenters. The summed E-state index contributed by atoms with van der Waals surface area (Å²) in [5, 5.41) is 0. The minimum absolute atomic E-state index is 0.0883. The summed E-state index contributed by atoms with van der Waals surface area (Å²) in [6.45, 7) is 1.44. The van der Waals surface area contributed by atoms with Crippen LogP contribution < -0.4 is 4.90 Å². The van der Waals surface area contributed by atoms with Crippen LogP contribution in [0.15, 0.2) is 18.6 Å². The molecule has 0 bridgehead atoms. The molecule has 1 aromatic heterocycles. The molecule has 2 rings (SSSR count). The highest BCUT2D eigenvalue weighted by atomic mass is 32.2. The minimum Gasteiger partial charge on any atom is -0.354 e. The quantitative estimate of drug-likeness (QED) is 0.727. The maximum Gasteiger partial charge on any atom is 0.228 e. The van der Waals surface area contributed by atoms with E-state index in [-0.39, 0.29) is 12.5 Å². The summed E-state index contributed by atoms with van der Waals surface area (Å²) in [6, 6.07) is 1.76. The van der Waals surface area contributed by atoms with Crippen molar-refractivity contribution in [3.63, 3.8) is 0 Å².